The molecule has 0 fully saturated rings. The zero-order chi connectivity index (χ0) is 27.6. The Morgan fingerprint density at radius 3 is 1.81 bits per heavy atom. The third kappa shape index (κ3) is 25.7. The van der Waals surface area contributed by atoms with Gasteiger partial charge in [-0.3, -0.25) is 9.35 Å². The quantitative estimate of drug-likeness (QED) is 0.0682. The summed E-state index contributed by atoms with van der Waals surface area (Å²) in [6, 6.07) is -1.08. The largest absolute Gasteiger partial charge is 0.387 e. The van der Waals surface area contributed by atoms with Crippen molar-refractivity contribution in [3.63, 3.8) is 0 Å². The molecule has 0 spiro atoms. The van der Waals surface area contributed by atoms with E-state index in [2.05, 4.69) is 55.6 Å². The van der Waals surface area contributed by atoms with E-state index in [1.54, 1.807) is 6.08 Å². The van der Waals surface area contributed by atoms with Gasteiger partial charge in [0.05, 0.1) is 17.9 Å². The Balaban J connectivity index is 4.25. The van der Waals surface area contributed by atoms with E-state index < -0.39 is 28.0 Å². The van der Waals surface area contributed by atoms with Crippen LogP contribution in [-0.2, 0) is 14.9 Å². The summed E-state index contributed by atoms with van der Waals surface area (Å²) < 4.78 is 32.0. The first-order chi connectivity index (χ1) is 17.8. The first-order valence-electron chi connectivity index (χ1n) is 14.3. The van der Waals surface area contributed by atoms with E-state index in [9.17, 15) is 22.9 Å². The molecule has 0 rings (SSSR count). The van der Waals surface area contributed by atoms with Crippen LogP contribution >= 0.6 is 0 Å². The number of nitrogens with one attached hydrogen (secondary N) is 1. The lowest BCUT2D eigenvalue weighted by Gasteiger charge is -2.21. The number of aliphatic hydroxyl groups excluding tert-OH is 1. The number of unbranched alkanes of at least 4 members (excludes halogenated alkanes) is 10. The molecular formula is C30H53NO5S. The summed E-state index contributed by atoms with van der Waals surface area (Å²) in [5.41, 5.74) is 0. The Morgan fingerprint density at radius 2 is 1.22 bits per heavy atom. The maximum absolute atomic E-state index is 12.3. The van der Waals surface area contributed by atoms with Crippen LogP contribution in [0.25, 0.3) is 0 Å². The predicted octanol–water partition coefficient (Wildman–Crippen LogP) is 7.23. The van der Waals surface area contributed by atoms with Gasteiger partial charge in [-0.15, -0.1) is 0 Å². The number of carbonyl (C=O) groups excluding carboxylic acids is 1. The van der Waals surface area contributed by atoms with Crippen LogP contribution in [0.3, 0.4) is 0 Å². The van der Waals surface area contributed by atoms with Crippen LogP contribution in [0.1, 0.15) is 117 Å². The van der Waals surface area contributed by atoms with Gasteiger partial charge in [0.2, 0.25) is 5.91 Å². The maximum Gasteiger partial charge on any atom is 0.267 e. The topological polar surface area (TPSA) is 104 Å². The number of amides is 1. The fourth-order valence-electron chi connectivity index (χ4n) is 3.76. The van der Waals surface area contributed by atoms with Gasteiger partial charge in [0.1, 0.15) is 0 Å². The van der Waals surface area contributed by atoms with Crippen molar-refractivity contribution in [2.75, 3.05) is 5.75 Å². The van der Waals surface area contributed by atoms with Crippen molar-refractivity contribution in [2.24, 2.45) is 0 Å². The predicted molar refractivity (Wildman–Crippen MR) is 156 cm³/mol. The molecule has 7 heteroatoms. The van der Waals surface area contributed by atoms with Gasteiger partial charge < -0.3 is 10.4 Å². The van der Waals surface area contributed by atoms with E-state index in [1.807, 2.05) is 0 Å². The molecule has 2 unspecified atom stereocenters. The smallest absolute Gasteiger partial charge is 0.267 e. The number of hydrogen-bond acceptors (Lipinski definition) is 4. The molecule has 0 heterocycles. The van der Waals surface area contributed by atoms with Crippen molar-refractivity contribution < 1.29 is 22.9 Å². The molecule has 0 aromatic rings. The Labute approximate surface area is 227 Å². The highest BCUT2D eigenvalue weighted by molar-refractivity contribution is 7.85. The number of allylic oxidation sites excluding steroid dienone is 7. The molecule has 0 aliphatic carbocycles. The van der Waals surface area contributed by atoms with Crippen LogP contribution in [0.2, 0.25) is 0 Å². The molecule has 37 heavy (non-hydrogen) atoms. The van der Waals surface area contributed by atoms with Crippen molar-refractivity contribution >= 4 is 16.0 Å². The van der Waals surface area contributed by atoms with Gasteiger partial charge in [-0.05, 0) is 57.8 Å². The van der Waals surface area contributed by atoms with Crippen LogP contribution in [0.4, 0.5) is 0 Å². The van der Waals surface area contributed by atoms with Crippen LogP contribution < -0.4 is 5.32 Å². The molecule has 3 N–H and O–H groups in total. The Kier molecular flexibility index (Phi) is 23.5. The van der Waals surface area contributed by atoms with Gasteiger partial charge in [-0.25, -0.2) is 0 Å². The Bertz CT molecular complexity index is 771. The number of hydrogen-bond donors (Lipinski definition) is 3. The van der Waals surface area contributed by atoms with E-state index in [1.165, 1.54) is 18.9 Å². The second-order valence-corrected chi connectivity index (χ2v) is 11.1. The molecule has 0 saturated carbocycles. The lowest BCUT2D eigenvalue weighted by molar-refractivity contribution is -0.122. The minimum atomic E-state index is -4.34. The van der Waals surface area contributed by atoms with E-state index >= 15 is 0 Å². The summed E-state index contributed by atoms with van der Waals surface area (Å²) >= 11 is 0. The first kappa shape index (κ1) is 35.3. The maximum atomic E-state index is 12.3. The van der Waals surface area contributed by atoms with Crippen molar-refractivity contribution in [3.05, 3.63) is 48.6 Å². The number of carbonyl (C=O) groups is 1. The van der Waals surface area contributed by atoms with Crippen molar-refractivity contribution in [1.29, 1.82) is 0 Å². The molecule has 1 amide bonds. The van der Waals surface area contributed by atoms with Gasteiger partial charge >= 0.3 is 0 Å². The zero-order valence-corrected chi connectivity index (χ0v) is 24.1. The number of aliphatic hydroxyl groups is 1. The molecule has 6 nitrogen and oxygen atoms in total. The summed E-state index contributed by atoms with van der Waals surface area (Å²) in [6.07, 6.45) is 31.0. The molecule has 0 aromatic carbocycles. The van der Waals surface area contributed by atoms with Gasteiger partial charge in [-0.1, -0.05) is 101 Å². The minimum Gasteiger partial charge on any atom is -0.387 e. The molecule has 0 radical (unpaired) electrons. The molecule has 0 aliphatic heterocycles. The van der Waals surface area contributed by atoms with Gasteiger partial charge in [0, 0.05) is 6.42 Å². The Morgan fingerprint density at radius 1 is 0.703 bits per heavy atom. The van der Waals surface area contributed by atoms with Crippen molar-refractivity contribution in [1.82, 2.24) is 5.32 Å². The average molecular weight is 540 g/mol. The summed E-state index contributed by atoms with van der Waals surface area (Å²) in [6.45, 7) is 4.35. The van der Waals surface area contributed by atoms with Gasteiger partial charge in [-0.2, -0.15) is 8.42 Å². The van der Waals surface area contributed by atoms with Crippen LogP contribution in [0.5, 0.6) is 0 Å². The lowest BCUT2D eigenvalue weighted by atomic mass is 10.1. The highest BCUT2D eigenvalue weighted by atomic mass is 32.2. The standard InChI is InChI=1S/C30H53NO5S/c1-3-5-7-9-11-13-15-17-19-21-23-25-29(32)28(27-37(34,35)36)31-30(33)26-24-22-20-18-16-14-12-10-8-6-4-2/h7,9-10,12,15,17,23,25,28-29,32H,3-6,8,11,13-14,16,18-22,24,26-27H2,1-2H3,(H,31,33)(H,34,35,36)/b9-7+,12-10-,17-15+,25-23+. The van der Waals surface area contributed by atoms with Gasteiger partial charge in [0.15, 0.2) is 0 Å². The minimum absolute atomic E-state index is 0.272. The molecular weight excluding hydrogens is 486 g/mol. The molecule has 0 bridgehead atoms. The fraction of sp³-hybridized carbons (Fsp3) is 0.700. The van der Waals surface area contributed by atoms with Gasteiger partial charge in [0.25, 0.3) is 10.1 Å². The highest BCUT2D eigenvalue weighted by Crippen LogP contribution is 2.09. The summed E-state index contributed by atoms with van der Waals surface area (Å²) in [4.78, 5) is 12.3. The summed E-state index contributed by atoms with van der Waals surface area (Å²) in [5.74, 6) is -1.03. The fourth-order valence-corrected chi connectivity index (χ4v) is 4.49. The highest BCUT2D eigenvalue weighted by Gasteiger charge is 2.24. The average Bonchev–Trinajstić information content (AvgIpc) is 2.84. The van der Waals surface area contributed by atoms with E-state index in [0.29, 0.717) is 12.8 Å². The van der Waals surface area contributed by atoms with Crippen LogP contribution in [0, 0.1) is 0 Å². The van der Waals surface area contributed by atoms with Crippen LogP contribution in [-0.4, -0.2) is 41.9 Å². The molecule has 214 valence electrons. The molecule has 0 aliphatic rings. The lowest BCUT2D eigenvalue weighted by Crippen LogP contribution is -2.46. The summed E-state index contributed by atoms with van der Waals surface area (Å²) in [7, 11) is -4.34. The second kappa shape index (κ2) is 24.6. The van der Waals surface area contributed by atoms with E-state index in [0.717, 1.165) is 70.6 Å². The monoisotopic (exact) mass is 539 g/mol. The molecule has 2 atom stereocenters. The van der Waals surface area contributed by atoms with E-state index in [4.69, 9.17) is 0 Å². The van der Waals surface area contributed by atoms with Crippen molar-refractivity contribution in [2.45, 2.75) is 129 Å². The SMILES string of the molecule is CCC/C=C/CC/C=C/CC/C=C/C(O)C(CS(=O)(=O)O)NC(=O)CCCCCCC/C=C\CCCC. The molecule has 0 aromatic heterocycles. The number of rotatable bonds is 24. The third-order valence-corrected chi connectivity index (χ3v) is 6.72. The third-order valence-electron chi connectivity index (χ3n) is 5.94. The Hall–Kier alpha value is -1.70. The van der Waals surface area contributed by atoms with Crippen molar-refractivity contribution in [3.8, 4) is 0 Å². The normalized spacial score (nSPS) is 14.4. The molecule has 0 saturated heterocycles. The summed E-state index contributed by atoms with van der Waals surface area (Å²) in [5, 5.41) is 13.0. The zero-order valence-electron chi connectivity index (χ0n) is 23.3. The van der Waals surface area contributed by atoms with E-state index in [-0.39, 0.29) is 12.3 Å². The van der Waals surface area contributed by atoms with Crippen LogP contribution in [0.15, 0.2) is 48.6 Å². The second-order valence-electron chi connectivity index (χ2n) is 9.65. The first-order valence-corrected chi connectivity index (χ1v) is 15.9.